The lowest BCUT2D eigenvalue weighted by Crippen LogP contribution is -2.01. The van der Waals surface area contributed by atoms with Crippen molar-refractivity contribution in [1.29, 1.82) is 0 Å². The van der Waals surface area contributed by atoms with Gasteiger partial charge in [0.2, 0.25) is 0 Å². The number of aromatic nitrogens is 3. The second kappa shape index (κ2) is 15.0. The number of fused-ring (bicyclic) bond motifs is 3. The van der Waals surface area contributed by atoms with Crippen LogP contribution in [0.25, 0.3) is 142 Å². The maximum atomic E-state index is 5.33. The van der Waals surface area contributed by atoms with Gasteiger partial charge in [-0.15, -0.1) is 11.3 Å². The fourth-order valence-electron chi connectivity index (χ4n) is 10.6. The van der Waals surface area contributed by atoms with E-state index < -0.39 is 0 Å². The first kappa shape index (κ1) is 37.8. The second-order valence-electron chi connectivity index (χ2n) is 17.5. The monoisotopic (exact) mass is 867 g/mol. The molecule has 310 valence electrons. The van der Waals surface area contributed by atoms with Gasteiger partial charge < -0.3 is 0 Å². The van der Waals surface area contributed by atoms with Gasteiger partial charge in [0.1, 0.15) is 0 Å². The number of hydrogen-bond acceptors (Lipinski definition) is 4. The van der Waals surface area contributed by atoms with E-state index in [2.05, 4.69) is 206 Å². The van der Waals surface area contributed by atoms with Crippen molar-refractivity contribution in [3.8, 4) is 66.9 Å². The van der Waals surface area contributed by atoms with E-state index in [1.807, 2.05) is 18.2 Å². The molecule has 0 amide bonds. The zero-order chi connectivity index (χ0) is 44.0. The number of thiophene rings is 1. The Kier molecular flexibility index (Phi) is 8.45. The van der Waals surface area contributed by atoms with Crippen molar-refractivity contribution in [3.05, 3.63) is 224 Å². The average molecular weight is 868 g/mol. The van der Waals surface area contributed by atoms with Crippen molar-refractivity contribution in [2.24, 2.45) is 0 Å². The van der Waals surface area contributed by atoms with Gasteiger partial charge in [-0.3, -0.25) is 0 Å². The minimum Gasteiger partial charge on any atom is -0.208 e. The van der Waals surface area contributed by atoms with Gasteiger partial charge in [0.25, 0.3) is 0 Å². The van der Waals surface area contributed by atoms with Crippen LogP contribution >= 0.6 is 11.3 Å². The molecule has 0 unspecified atom stereocenters. The van der Waals surface area contributed by atoms with E-state index >= 15 is 0 Å². The van der Waals surface area contributed by atoms with E-state index in [-0.39, 0.29) is 0 Å². The molecule has 0 saturated carbocycles. The molecule has 0 radical (unpaired) electrons. The van der Waals surface area contributed by atoms with Crippen LogP contribution in [0.2, 0.25) is 0 Å². The molecule has 67 heavy (non-hydrogen) atoms. The summed E-state index contributed by atoms with van der Waals surface area (Å²) >= 11 is 1.80. The molecule has 4 heteroatoms. The van der Waals surface area contributed by atoms with Gasteiger partial charge >= 0.3 is 0 Å². The Morgan fingerprint density at radius 2 is 0.731 bits per heavy atom. The summed E-state index contributed by atoms with van der Waals surface area (Å²) in [4.78, 5) is 17.0. The first-order valence-corrected chi connectivity index (χ1v) is 23.6. The third-order valence-corrected chi connectivity index (χ3v) is 14.8. The van der Waals surface area contributed by atoms with Gasteiger partial charge in [-0.05, 0) is 128 Å². The number of hydrogen-bond donors (Lipinski definition) is 0. The number of benzene rings is 11. The zero-order valence-electron chi connectivity index (χ0n) is 36.1. The van der Waals surface area contributed by atoms with Crippen molar-refractivity contribution in [2.45, 2.75) is 0 Å². The molecule has 0 spiro atoms. The van der Waals surface area contributed by atoms with Crippen LogP contribution in [0.15, 0.2) is 224 Å². The van der Waals surface area contributed by atoms with Crippen LogP contribution in [0, 0.1) is 0 Å². The standard InChI is InChI=1S/C63H37N3S/c1-2-14-41(15-3-1)61-64-62(45-21-10-20-42(34-45)56-37-43-16-4-9-29-55(43)67-56)66-63(65-61)53-25-8-7-24-49(53)48-23-6-5-22-47(48)46-35-44-33-32-40-18-12-27-51-50-26-11-17-38-30-31-39-19-13-28-52(59(39)57(38)50)54(36-46)60(44)58(40)51/h1-37H. The third-order valence-electron chi connectivity index (χ3n) is 13.6. The Bertz CT molecular complexity index is 4240. The molecule has 3 nitrogen and oxygen atoms in total. The smallest absolute Gasteiger partial charge is 0.164 e. The summed E-state index contributed by atoms with van der Waals surface area (Å²) in [6.07, 6.45) is 0. The molecule has 14 rings (SSSR count). The molecule has 0 aliphatic carbocycles. The van der Waals surface area contributed by atoms with Crippen LogP contribution < -0.4 is 0 Å². The summed E-state index contributed by atoms with van der Waals surface area (Å²) in [5.74, 6) is 1.89. The highest BCUT2D eigenvalue weighted by atomic mass is 32.1. The molecule has 0 aliphatic heterocycles. The van der Waals surface area contributed by atoms with Crippen LogP contribution in [-0.4, -0.2) is 15.0 Å². The van der Waals surface area contributed by atoms with Crippen LogP contribution in [0.5, 0.6) is 0 Å². The van der Waals surface area contributed by atoms with Gasteiger partial charge in [-0.2, -0.15) is 0 Å². The molecular weight excluding hydrogens is 831 g/mol. The molecule has 0 atom stereocenters. The van der Waals surface area contributed by atoms with Crippen molar-refractivity contribution in [1.82, 2.24) is 15.0 Å². The van der Waals surface area contributed by atoms with Crippen LogP contribution in [0.4, 0.5) is 0 Å². The molecule has 0 saturated heterocycles. The largest absolute Gasteiger partial charge is 0.208 e. The number of rotatable bonds is 6. The van der Waals surface area contributed by atoms with E-state index in [0.717, 1.165) is 44.5 Å². The lowest BCUT2D eigenvalue weighted by atomic mass is 9.85. The van der Waals surface area contributed by atoms with Crippen LogP contribution in [0.3, 0.4) is 0 Å². The maximum absolute atomic E-state index is 5.33. The molecule has 0 bridgehead atoms. The SMILES string of the molecule is c1ccc(-c2nc(-c3cccc(-c4cc5ccccc5s4)c3)nc(-c3ccccc3-c3ccccc3-c3cc4ccc5cccc6c7cccc8ccc9cccc(c(c3)c4c56)c9c87)n2)cc1. The maximum Gasteiger partial charge on any atom is 0.164 e. The van der Waals surface area contributed by atoms with E-state index in [4.69, 9.17) is 15.0 Å². The predicted molar refractivity (Wildman–Crippen MR) is 284 cm³/mol. The number of nitrogens with zero attached hydrogens (tertiary/aromatic N) is 3. The molecule has 0 N–H and O–H groups in total. The van der Waals surface area contributed by atoms with E-state index in [9.17, 15) is 0 Å². The second-order valence-corrected chi connectivity index (χ2v) is 18.5. The van der Waals surface area contributed by atoms with Crippen molar-refractivity contribution in [2.75, 3.05) is 0 Å². The molecule has 14 aromatic rings. The Labute approximate surface area is 390 Å². The molecule has 2 aromatic heterocycles. The van der Waals surface area contributed by atoms with Crippen LogP contribution in [-0.2, 0) is 0 Å². The van der Waals surface area contributed by atoms with E-state index in [1.165, 1.54) is 79.6 Å². The lowest BCUT2D eigenvalue weighted by molar-refractivity contribution is 1.07. The average Bonchev–Trinajstić information content (AvgIpc) is 3.84. The Morgan fingerprint density at radius 1 is 0.254 bits per heavy atom. The zero-order valence-corrected chi connectivity index (χ0v) is 36.9. The van der Waals surface area contributed by atoms with E-state index in [1.54, 1.807) is 11.3 Å². The van der Waals surface area contributed by atoms with Crippen LogP contribution in [0.1, 0.15) is 0 Å². The minimum atomic E-state index is 0.625. The van der Waals surface area contributed by atoms with Gasteiger partial charge in [-0.25, -0.2) is 15.0 Å². The summed E-state index contributed by atoms with van der Waals surface area (Å²) in [5, 5.41) is 16.5. The Hall–Kier alpha value is -8.57. The summed E-state index contributed by atoms with van der Waals surface area (Å²) in [7, 11) is 0. The highest BCUT2D eigenvalue weighted by molar-refractivity contribution is 7.22. The van der Waals surface area contributed by atoms with Gasteiger partial charge in [0.15, 0.2) is 17.5 Å². The van der Waals surface area contributed by atoms with Gasteiger partial charge in [-0.1, -0.05) is 194 Å². The molecule has 12 aromatic carbocycles. The molecule has 0 aliphatic rings. The van der Waals surface area contributed by atoms with E-state index in [0.29, 0.717) is 17.5 Å². The van der Waals surface area contributed by atoms with Gasteiger partial charge in [0, 0.05) is 26.3 Å². The summed E-state index contributed by atoms with van der Waals surface area (Å²) < 4.78 is 1.27. The van der Waals surface area contributed by atoms with Gasteiger partial charge in [0.05, 0.1) is 0 Å². The van der Waals surface area contributed by atoms with Crippen molar-refractivity contribution < 1.29 is 0 Å². The Morgan fingerprint density at radius 3 is 1.42 bits per heavy atom. The topological polar surface area (TPSA) is 38.7 Å². The normalized spacial score (nSPS) is 11.9. The molecule has 2 heterocycles. The third kappa shape index (κ3) is 6.07. The predicted octanol–water partition coefficient (Wildman–Crippen LogP) is 17.4. The highest BCUT2D eigenvalue weighted by Crippen LogP contribution is 2.46. The fourth-order valence-corrected chi connectivity index (χ4v) is 11.7. The molecular formula is C63H37N3S. The molecule has 0 fully saturated rings. The Balaban J connectivity index is 0.987. The fraction of sp³-hybridized carbons (Fsp3) is 0. The van der Waals surface area contributed by atoms with Crippen molar-refractivity contribution >= 4 is 86.1 Å². The summed E-state index contributed by atoms with van der Waals surface area (Å²) in [5.41, 5.74) is 8.41. The quantitative estimate of drug-likeness (QED) is 0.156. The summed E-state index contributed by atoms with van der Waals surface area (Å²) in [6.45, 7) is 0. The first-order chi connectivity index (χ1) is 33.2. The van der Waals surface area contributed by atoms with Crippen molar-refractivity contribution in [3.63, 3.8) is 0 Å². The summed E-state index contributed by atoms with van der Waals surface area (Å²) in [6, 6.07) is 81.4. The highest BCUT2D eigenvalue weighted by Gasteiger charge is 2.21. The minimum absolute atomic E-state index is 0.625. The lowest BCUT2D eigenvalue weighted by Gasteiger charge is -2.18. The first-order valence-electron chi connectivity index (χ1n) is 22.7.